The smallest absolute Gasteiger partial charge is 0.453 e. The fraction of sp³-hybridized carbons (Fsp3) is 0.200. The van der Waals surface area contributed by atoms with Crippen molar-refractivity contribution < 1.29 is 46.2 Å². The summed E-state index contributed by atoms with van der Waals surface area (Å²) in [6.07, 6.45) is -4.72. The van der Waals surface area contributed by atoms with Crippen LogP contribution in [0.4, 0.5) is 13.2 Å². The number of amides is 1. The van der Waals surface area contributed by atoms with Crippen molar-refractivity contribution in [1.82, 2.24) is 5.32 Å². The molecule has 0 saturated carbocycles. The van der Waals surface area contributed by atoms with Crippen LogP contribution >= 0.6 is 0 Å². The molecule has 0 aliphatic rings. The topological polar surface area (TPSA) is 121 Å². The Morgan fingerprint density at radius 2 is 1.62 bits per heavy atom. The summed E-state index contributed by atoms with van der Waals surface area (Å²) in [5.41, 5.74) is -0.607. The number of ether oxygens (including phenoxy) is 3. The van der Waals surface area contributed by atoms with E-state index in [1.807, 2.05) is 30.3 Å². The predicted octanol–water partition coefficient (Wildman–Crippen LogP) is 5.44. The van der Waals surface area contributed by atoms with E-state index >= 15 is 0 Å². The van der Waals surface area contributed by atoms with Gasteiger partial charge in [0.15, 0.2) is 0 Å². The number of halogens is 3. The van der Waals surface area contributed by atoms with E-state index in [4.69, 9.17) is 13.9 Å². The highest BCUT2D eigenvalue weighted by atomic mass is 19.4. The molecule has 1 N–H and O–H groups in total. The molecule has 0 radical (unpaired) electrons. The first-order valence-corrected chi connectivity index (χ1v) is 12.6. The average molecular weight is 584 g/mol. The number of fused-ring (bicyclic) bond motifs is 1. The molecule has 12 heteroatoms. The Hall–Kier alpha value is -5.13. The van der Waals surface area contributed by atoms with E-state index in [0.29, 0.717) is 0 Å². The monoisotopic (exact) mass is 583 g/mol. The van der Waals surface area contributed by atoms with Gasteiger partial charge in [0.2, 0.25) is 17.1 Å². The summed E-state index contributed by atoms with van der Waals surface area (Å²) < 4.78 is 61.6. The molecule has 0 aliphatic carbocycles. The molecule has 0 fully saturated rings. The van der Waals surface area contributed by atoms with E-state index in [0.717, 1.165) is 17.7 Å². The molecule has 1 heterocycles. The third-order valence-electron chi connectivity index (χ3n) is 5.89. The Labute approximate surface area is 236 Å². The highest BCUT2D eigenvalue weighted by Gasteiger charge is 2.40. The number of hydrogen-bond acceptors (Lipinski definition) is 8. The van der Waals surface area contributed by atoms with Gasteiger partial charge in [-0.05, 0) is 48.4 Å². The van der Waals surface area contributed by atoms with Crippen LogP contribution in [-0.4, -0.2) is 31.5 Å². The van der Waals surface area contributed by atoms with Crippen molar-refractivity contribution in [1.29, 1.82) is 0 Å². The third-order valence-corrected chi connectivity index (χ3v) is 5.89. The van der Waals surface area contributed by atoms with E-state index in [-0.39, 0.29) is 54.2 Å². The number of rotatable bonds is 10. The van der Waals surface area contributed by atoms with Crippen molar-refractivity contribution in [3.63, 3.8) is 0 Å². The van der Waals surface area contributed by atoms with Crippen LogP contribution in [0.5, 0.6) is 17.2 Å². The molecule has 218 valence electrons. The molecule has 0 bridgehead atoms. The van der Waals surface area contributed by atoms with Crippen molar-refractivity contribution in [2.24, 2.45) is 0 Å². The van der Waals surface area contributed by atoms with Gasteiger partial charge in [-0.3, -0.25) is 14.4 Å². The van der Waals surface area contributed by atoms with E-state index in [2.05, 4.69) is 10.1 Å². The first-order chi connectivity index (χ1) is 20.0. The molecule has 0 saturated heterocycles. The Morgan fingerprint density at radius 3 is 2.29 bits per heavy atom. The summed E-state index contributed by atoms with van der Waals surface area (Å²) in [5, 5.41) is 2.45. The second kappa shape index (κ2) is 13.0. The lowest BCUT2D eigenvalue weighted by atomic mass is 10.1. The zero-order valence-electron chi connectivity index (χ0n) is 22.2. The Morgan fingerprint density at radius 1 is 0.929 bits per heavy atom. The lowest BCUT2D eigenvalue weighted by Crippen LogP contribution is -2.26. The molecule has 9 nitrogen and oxygen atoms in total. The van der Waals surface area contributed by atoms with Crippen LogP contribution in [0.1, 0.15) is 34.5 Å². The van der Waals surface area contributed by atoms with Gasteiger partial charge in [-0.25, -0.2) is 4.79 Å². The maximum absolute atomic E-state index is 13.8. The normalized spacial score (nSPS) is 11.1. The van der Waals surface area contributed by atoms with Gasteiger partial charge in [0.25, 0.3) is 5.76 Å². The zero-order chi connectivity index (χ0) is 30.3. The maximum Gasteiger partial charge on any atom is 0.453 e. The average Bonchev–Trinajstić information content (AvgIpc) is 2.96. The Balaban J connectivity index is 1.43. The van der Waals surface area contributed by atoms with Gasteiger partial charge in [-0.15, -0.1) is 0 Å². The van der Waals surface area contributed by atoms with Crippen LogP contribution in [-0.2, 0) is 26.9 Å². The minimum Gasteiger partial charge on any atom is -0.465 e. The second-order valence-corrected chi connectivity index (χ2v) is 8.95. The van der Waals surface area contributed by atoms with Crippen LogP contribution in [0.3, 0.4) is 0 Å². The van der Waals surface area contributed by atoms with E-state index < -0.39 is 40.6 Å². The molecule has 1 amide bonds. The third kappa shape index (κ3) is 7.53. The van der Waals surface area contributed by atoms with Crippen molar-refractivity contribution in [2.75, 3.05) is 13.7 Å². The SMILES string of the molecule is COC(=O)c1ccc(Oc2c(C(F)(F)F)oc3cc(OC(=O)CCCNC(=O)Cc4ccccc4)ccc3c2=O)cc1. The van der Waals surface area contributed by atoms with Gasteiger partial charge in [0, 0.05) is 19.0 Å². The van der Waals surface area contributed by atoms with E-state index in [1.165, 1.54) is 37.4 Å². The quantitative estimate of drug-likeness (QED) is 0.149. The second-order valence-electron chi connectivity index (χ2n) is 8.95. The van der Waals surface area contributed by atoms with Crippen LogP contribution in [0.25, 0.3) is 11.0 Å². The lowest BCUT2D eigenvalue weighted by Gasteiger charge is -2.14. The molecule has 4 rings (SSSR count). The molecule has 0 spiro atoms. The fourth-order valence-electron chi connectivity index (χ4n) is 3.88. The largest absolute Gasteiger partial charge is 0.465 e. The minimum atomic E-state index is -5.10. The lowest BCUT2D eigenvalue weighted by molar-refractivity contribution is -0.154. The number of methoxy groups -OCH3 is 1. The van der Waals surface area contributed by atoms with Crippen LogP contribution in [0, 0.1) is 0 Å². The van der Waals surface area contributed by atoms with Crippen LogP contribution in [0.15, 0.2) is 82.0 Å². The number of nitrogens with one attached hydrogen (secondary N) is 1. The summed E-state index contributed by atoms with van der Waals surface area (Å²) in [5.74, 6) is -4.64. The van der Waals surface area contributed by atoms with Crippen molar-refractivity contribution in [3.8, 4) is 17.2 Å². The highest BCUT2D eigenvalue weighted by Crippen LogP contribution is 2.38. The molecular weight excluding hydrogens is 559 g/mol. The van der Waals surface area contributed by atoms with Gasteiger partial charge in [-0.1, -0.05) is 30.3 Å². The van der Waals surface area contributed by atoms with Gasteiger partial charge < -0.3 is 23.9 Å². The summed E-state index contributed by atoms with van der Waals surface area (Å²) >= 11 is 0. The van der Waals surface area contributed by atoms with Gasteiger partial charge >= 0.3 is 18.1 Å². The zero-order valence-corrected chi connectivity index (χ0v) is 22.2. The number of alkyl halides is 3. The fourth-order valence-corrected chi connectivity index (χ4v) is 3.88. The standard InChI is InChI=1S/C30H24F3NO8/c1-39-29(38)19-9-11-20(12-10-19)41-27-26(37)22-14-13-21(17-23(22)42-28(27)30(31,32)33)40-25(36)8-5-15-34-24(35)16-18-6-3-2-4-7-18/h2-4,6-7,9-14,17H,5,8,15-16H2,1H3,(H,34,35). The molecular formula is C30H24F3NO8. The Kier molecular flexibility index (Phi) is 9.25. The minimum absolute atomic E-state index is 0.0804. The summed E-state index contributed by atoms with van der Waals surface area (Å²) in [6, 6.07) is 17.4. The highest BCUT2D eigenvalue weighted by molar-refractivity contribution is 5.89. The van der Waals surface area contributed by atoms with Crippen LogP contribution < -0.4 is 20.2 Å². The van der Waals surface area contributed by atoms with Gasteiger partial charge in [0.1, 0.15) is 17.1 Å². The maximum atomic E-state index is 13.8. The van der Waals surface area contributed by atoms with Crippen molar-refractivity contribution >= 4 is 28.8 Å². The van der Waals surface area contributed by atoms with Crippen LogP contribution in [0.2, 0.25) is 0 Å². The number of benzene rings is 3. The van der Waals surface area contributed by atoms with E-state index in [1.54, 1.807) is 0 Å². The first kappa shape index (κ1) is 29.8. The predicted molar refractivity (Wildman–Crippen MR) is 143 cm³/mol. The van der Waals surface area contributed by atoms with Crippen molar-refractivity contribution in [2.45, 2.75) is 25.4 Å². The number of hydrogen-bond donors (Lipinski definition) is 1. The summed E-state index contributed by atoms with van der Waals surface area (Å²) in [7, 11) is 1.17. The number of carbonyl (C=O) groups excluding carboxylic acids is 3. The van der Waals surface area contributed by atoms with E-state index in [9.17, 15) is 32.3 Å². The number of esters is 2. The molecule has 42 heavy (non-hydrogen) atoms. The summed E-state index contributed by atoms with van der Waals surface area (Å²) in [6.45, 7) is 0.219. The Bertz CT molecular complexity index is 1650. The molecule has 1 aromatic heterocycles. The molecule has 0 atom stereocenters. The van der Waals surface area contributed by atoms with Crippen molar-refractivity contribution in [3.05, 3.63) is 99.9 Å². The molecule has 0 aliphatic heterocycles. The molecule has 3 aromatic carbocycles. The van der Waals surface area contributed by atoms with Gasteiger partial charge in [0.05, 0.1) is 24.5 Å². The summed E-state index contributed by atoms with van der Waals surface area (Å²) in [4.78, 5) is 48.9. The first-order valence-electron chi connectivity index (χ1n) is 12.6. The van der Waals surface area contributed by atoms with Gasteiger partial charge in [-0.2, -0.15) is 13.2 Å². The molecule has 4 aromatic rings. The number of carbonyl (C=O) groups is 3. The molecule has 0 unspecified atom stereocenters.